The molecule has 0 heterocycles. The third kappa shape index (κ3) is 3.57. The maximum absolute atomic E-state index is 12.1. The van der Waals surface area contributed by atoms with Crippen LogP contribution in [0.4, 0.5) is 0 Å². The largest absolute Gasteiger partial charge is 0.286 e. The van der Waals surface area contributed by atoms with Crippen LogP contribution in [-0.4, -0.2) is 22.7 Å². The Bertz CT molecular complexity index is 442. The number of benzene rings is 1. The molecule has 0 aromatic heterocycles. The second kappa shape index (κ2) is 6.71. The van der Waals surface area contributed by atoms with Crippen LogP contribution < -0.4 is 0 Å². The zero-order valence-corrected chi connectivity index (χ0v) is 11.7. The standard InChI is InChI=1S/C16H23NO2/c1-2-3-6-11-17(19)16(18)15-10-9-13-7-4-5-8-14(13)12-15/h9-10,12,19H,2-8,11H2,1H3. The molecule has 0 saturated carbocycles. The smallest absolute Gasteiger partial charge is 0.277 e. The van der Waals surface area contributed by atoms with Gasteiger partial charge in [0.25, 0.3) is 5.91 Å². The lowest BCUT2D eigenvalue weighted by Gasteiger charge is -2.18. The topological polar surface area (TPSA) is 40.5 Å². The highest BCUT2D eigenvalue weighted by Gasteiger charge is 2.16. The van der Waals surface area contributed by atoms with Crippen LogP contribution in [0.3, 0.4) is 0 Å². The maximum Gasteiger partial charge on any atom is 0.277 e. The Labute approximate surface area is 115 Å². The van der Waals surface area contributed by atoms with Gasteiger partial charge in [0.05, 0.1) is 0 Å². The van der Waals surface area contributed by atoms with Crippen molar-refractivity contribution in [3.05, 3.63) is 34.9 Å². The van der Waals surface area contributed by atoms with Crippen LogP contribution >= 0.6 is 0 Å². The number of hydrogen-bond donors (Lipinski definition) is 1. The van der Waals surface area contributed by atoms with Crippen molar-refractivity contribution in [3.8, 4) is 0 Å². The number of carbonyl (C=O) groups excluding carboxylic acids is 1. The molecule has 0 fully saturated rings. The first-order chi connectivity index (χ1) is 9.22. The minimum atomic E-state index is -0.274. The SMILES string of the molecule is CCCCCN(O)C(=O)c1ccc2c(c1)CCCC2. The lowest BCUT2D eigenvalue weighted by atomic mass is 9.90. The van der Waals surface area contributed by atoms with E-state index in [-0.39, 0.29) is 5.91 Å². The molecule has 19 heavy (non-hydrogen) atoms. The summed E-state index contributed by atoms with van der Waals surface area (Å²) in [4.78, 5) is 12.1. The Morgan fingerprint density at radius 1 is 1.21 bits per heavy atom. The van der Waals surface area contributed by atoms with Crippen LogP contribution in [0.1, 0.15) is 60.5 Å². The molecule has 0 spiro atoms. The van der Waals surface area contributed by atoms with Crippen molar-refractivity contribution in [2.45, 2.75) is 51.9 Å². The molecule has 1 N–H and O–H groups in total. The molecule has 0 saturated heterocycles. The first kappa shape index (κ1) is 14.1. The quantitative estimate of drug-likeness (QED) is 0.500. The average Bonchev–Trinajstić information content (AvgIpc) is 2.46. The average molecular weight is 261 g/mol. The van der Waals surface area contributed by atoms with Gasteiger partial charge in [-0.2, -0.15) is 0 Å². The van der Waals surface area contributed by atoms with E-state index in [4.69, 9.17) is 0 Å². The molecule has 0 bridgehead atoms. The van der Waals surface area contributed by atoms with Crippen LogP contribution in [0.5, 0.6) is 0 Å². The van der Waals surface area contributed by atoms with E-state index in [1.807, 2.05) is 18.2 Å². The Kier molecular flexibility index (Phi) is 4.97. The second-order valence-electron chi connectivity index (χ2n) is 5.33. The van der Waals surface area contributed by atoms with Crippen molar-refractivity contribution in [2.75, 3.05) is 6.54 Å². The van der Waals surface area contributed by atoms with Gasteiger partial charge >= 0.3 is 0 Å². The van der Waals surface area contributed by atoms with Gasteiger partial charge in [0.15, 0.2) is 0 Å². The Morgan fingerprint density at radius 3 is 2.68 bits per heavy atom. The number of unbranched alkanes of at least 4 members (excludes halogenated alkanes) is 2. The zero-order chi connectivity index (χ0) is 13.7. The highest BCUT2D eigenvalue weighted by atomic mass is 16.5. The normalized spacial score (nSPS) is 14.0. The van der Waals surface area contributed by atoms with Gasteiger partial charge in [-0.05, 0) is 55.4 Å². The fraction of sp³-hybridized carbons (Fsp3) is 0.562. The van der Waals surface area contributed by atoms with Crippen molar-refractivity contribution >= 4 is 5.91 Å². The first-order valence-corrected chi connectivity index (χ1v) is 7.35. The van der Waals surface area contributed by atoms with Crippen LogP contribution in [0.2, 0.25) is 0 Å². The summed E-state index contributed by atoms with van der Waals surface area (Å²) >= 11 is 0. The number of hydrogen-bond acceptors (Lipinski definition) is 2. The minimum absolute atomic E-state index is 0.274. The molecule has 0 aliphatic heterocycles. The molecule has 2 rings (SSSR count). The summed E-state index contributed by atoms with van der Waals surface area (Å²) in [6.07, 6.45) is 7.58. The molecule has 1 aliphatic carbocycles. The van der Waals surface area contributed by atoms with Crippen molar-refractivity contribution < 1.29 is 10.0 Å². The van der Waals surface area contributed by atoms with E-state index in [1.54, 1.807) is 0 Å². The molecule has 1 amide bonds. The lowest BCUT2D eigenvalue weighted by molar-refractivity contribution is -0.0588. The summed E-state index contributed by atoms with van der Waals surface area (Å²) in [5.41, 5.74) is 3.25. The highest BCUT2D eigenvalue weighted by molar-refractivity contribution is 5.93. The molecule has 1 aliphatic rings. The molecule has 1 aromatic rings. The minimum Gasteiger partial charge on any atom is -0.286 e. The number of aryl methyl sites for hydroxylation is 2. The predicted molar refractivity (Wildman–Crippen MR) is 75.4 cm³/mol. The van der Waals surface area contributed by atoms with Gasteiger partial charge in [-0.15, -0.1) is 0 Å². The van der Waals surface area contributed by atoms with Crippen molar-refractivity contribution in [1.82, 2.24) is 5.06 Å². The monoisotopic (exact) mass is 261 g/mol. The molecule has 0 radical (unpaired) electrons. The highest BCUT2D eigenvalue weighted by Crippen LogP contribution is 2.22. The van der Waals surface area contributed by atoms with Crippen LogP contribution in [0.25, 0.3) is 0 Å². The molecule has 3 nitrogen and oxygen atoms in total. The summed E-state index contributed by atoms with van der Waals surface area (Å²) in [5, 5.41) is 10.6. The third-order valence-corrected chi connectivity index (χ3v) is 3.80. The van der Waals surface area contributed by atoms with E-state index in [2.05, 4.69) is 6.92 Å². The summed E-state index contributed by atoms with van der Waals surface area (Å²) < 4.78 is 0. The number of rotatable bonds is 5. The number of hydroxylamine groups is 2. The van der Waals surface area contributed by atoms with Gasteiger partial charge in [0.2, 0.25) is 0 Å². The van der Waals surface area contributed by atoms with Crippen molar-refractivity contribution in [1.29, 1.82) is 0 Å². The third-order valence-electron chi connectivity index (χ3n) is 3.80. The summed E-state index contributed by atoms with van der Waals surface area (Å²) in [6, 6.07) is 5.84. The fourth-order valence-electron chi connectivity index (χ4n) is 2.63. The predicted octanol–water partition coefficient (Wildman–Crippen LogP) is 3.59. The number of amides is 1. The van der Waals surface area contributed by atoms with Gasteiger partial charge in [-0.3, -0.25) is 10.0 Å². The Morgan fingerprint density at radius 2 is 1.95 bits per heavy atom. The van der Waals surface area contributed by atoms with E-state index in [1.165, 1.54) is 24.0 Å². The Balaban J connectivity index is 2.02. The van der Waals surface area contributed by atoms with Crippen molar-refractivity contribution in [2.24, 2.45) is 0 Å². The summed E-state index contributed by atoms with van der Waals surface area (Å²) in [5.74, 6) is -0.274. The molecular weight excluding hydrogens is 238 g/mol. The lowest BCUT2D eigenvalue weighted by Crippen LogP contribution is -2.28. The Hall–Kier alpha value is -1.35. The molecule has 104 valence electrons. The van der Waals surface area contributed by atoms with Crippen LogP contribution in [0.15, 0.2) is 18.2 Å². The molecular formula is C16H23NO2. The van der Waals surface area contributed by atoms with E-state index >= 15 is 0 Å². The maximum atomic E-state index is 12.1. The van der Waals surface area contributed by atoms with E-state index in [9.17, 15) is 10.0 Å². The number of carbonyl (C=O) groups is 1. The van der Waals surface area contributed by atoms with E-state index in [0.29, 0.717) is 12.1 Å². The fourth-order valence-corrected chi connectivity index (χ4v) is 2.63. The van der Waals surface area contributed by atoms with Gasteiger partial charge in [-0.1, -0.05) is 25.8 Å². The molecule has 0 unspecified atom stereocenters. The summed E-state index contributed by atoms with van der Waals surface area (Å²) in [7, 11) is 0. The number of nitrogens with zero attached hydrogens (tertiary/aromatic N) is 1. The molecule has 1 aromatic carbocycles. The zero-order valence-electron chi connectivity index (χ0n) is 11.7. The van der Waals surface area contributed by atoms with Gasteiger partial charge in [-0.25, -0.2) is 5.06 Å². The van der Waals surface area contributed by atoms with E-state index in [0.717, 1.165) is 37.2 Å². The first-order valence-electron chi connectivity index (χ1n) is 7.35. The number of fused-ring (bicyclic) bond motifs is 1. The van der Waals surface area contributed by atoms with Crippen LogP contribution in [0, 0.1) is 0 Å². The molecule has 3 heteroatoms. The van der Waals surface area contributed by atoms with Gasteiger partial charge in [0.1, 0.15) is 0 Å². The van der Waals surface area contributed by atoms with Gasteiger partial charge < -0.3 is 0 Å². The second-order valence-corrected chi connectivity index (χ2v) is 5.33. The van der Waals surface area contributed by atoms with Crippen molar-refractivity contribution in [3.63, 3.8) is 0 Å². The van der Waals surface area contributed by atoms with E-state index < -0.39 is 0 Å². The van der Waals surface area contributed by atoms with Gasteiger partial charge in [0, 0.05) is 12.1 Å². The molecule has 0 atom stereocenters. The van der Waals surface area contributed by atoms with Crippen LogP contribution in [-0.2, 0) is 12.8 Å². The summed E-state index contributed by atoms with van der Waals surface area (Å²) in [6.45, 7) is 2.52.